The molecule has 0 bridgehead atoms. The summed E-state index contributed by atoms with van der Waals surface area (Å²) in [4.78, 5) is 22.8. The molecule has 9 heteroatoms. The van der Waals surface area contributed by atoms with Crippen LogP contribution in [0.25, 0.3) is 22.0 Å². The molecule has 46 heavy (non-hydrogen) atoms. The van der Waals surface area contributed by atoms with Crippen LogP contribution in [-0.4, -0.2) is 54.3 Å². The molecule has 1 unspecified atom stereocenters. The summed E-state index contributed by atoms with van der Waals surface area (Å²) in [5.74, 6) is -0.764. The van der Waals surface area contributed by atoms with E-state index in [-0.39, 0.29) is 18.9 Å². The van der Waals surface area contributed by atoms with E-state index in [1.165, 1.54) is 5.56 Å². The largest absolute Gasteiger partial charge is 0.599 e. The number of aliphatic imine (C=N–C) groups is 2. The summed E-state index contributed by atoms with van der Waals surface area (Å²) in [6.45, 7) is 2.82. The lowest BCUT2D eigenvalue weighted by atomic mass is 9.98. The second-order valence-corrected chi connectivity index (χ2v) is 11.0. The Labute approximate surface area is 268 Å². The van der Waals surface area contributed by atoms with Gasteiger partial charge in [0.05, 0.1) is 0 Å². The molecule has 1 aliphatic carbocycles. The zero-order chi connectivity index (χ0) is 32.5. The predicted octanol–water partition coefficient (Wildman–Crippen LogP) is 4.78. The third-order valence-electron chi connectivity index (χ3n) is 8.11. The van der Waals surface area contributed by atoms with Crippen LogP contribution in [0.2, 0.25) is 0 Å². The molecule has 5 aromatic rings. The Kier molecular flexibility index (Phi) is 10.3. The van der Waals surface area contributed by atoms with E-state index in [9.17, 15) is 15.0 Å². The molecule has 0 spiro atoms. The van der Waals surface area contributed by atoms with Crippen LogP contribution >= 0.6 is 0 Å². The summed E-state index contributed by atoms with van der Waals surface area (Å²) in [6.07, 6.45) is 0.216. The highest BCUT2D eigenvalue weighted by Crippen LogP contribution is 2.44. The Hall–Kier alpha value is -5.57. The molecule has 0 aliphatic heterocycles. The number of aromatic nitrogens is 1. The van der Waals surface area contributed by atoms with Gasteiger partial charge in [0.2, 0.25) is 0 Å². The van der Waals surface area contributed by atoms with Crippen LogP contribution in [0.4, 0.5) is 0 Å². The van der Waals surface area contributed by atoms with Crippen molar-refractivity contribution in [3.8, 4) is 11.1 Å². The average molecular weight is 617 g/mol. The molecular formula is C37H38N5O4-. The van der Waals surface area contributed by atoms with Gasteiger partial charge in [0.25, 0.3) is 0 Å². The lowest BCUT2D eigenvalue weighted by molar-refractivity contribution is -0.251. The molecular weight excluding hydrogens is 578 g/mol. The minimum Gasteiger partial charge on any atom is -0.599 e. The summed E-state index contributed by atoms with van der Waals surface area (Å²) >= 11 is 0. The van der Waals surface area contributed by atoms with Gasteiger partial charge in [-0.3, -0.25) is 9.98 Å². The van der Waals surface area contributed by atoms with Crippen molar-refractivity contribution in [1.82, 2.24) is 10.3 Å². The van der Waals surface area contributed by atoms with Gasteiger partial charge >= 0.3 is 5.97 Å². The van der Waals surface area contributed by atoms with E-state index >= 15 is 0 Å². The number of nitrogens with one attached hydrogen (secondary N) is 2. The van der Waals surface area contributed by atoms with Crippen molar-refractivity contribution in [2.75, 3.05) is 20.2 Å². The fraction of sp³-hybridized carbons (Fsp3) is 0.216. The number of hydrogen-bond acceptors (Lipinski definition) is 5. The molecule has 1 heterocycles. The molecule has 0 saturated carbocycles. The Bertz CT molecular complexity index is 1800. The first-order valence-electron chi connectivity index (χ1n) is 15.2. The fourth-order valence-electron chi connectivity index (χ4n) is 5.80. The normalized spacial score (nSPS) is 13.3. The average Bonchev–Trinajstić information content (AvgIpc) is 3.57. The molecule has 6 rings (SSSR count). The number of hydrogen-bond donors (Lipinski definition) is 4. The minimum absolute atomic E-state index is 0.101. The SMILES string of the molecule is CN=C(N)NCCc1ccccc1.Cc1[nH]c2ccccc2c1CC(N=C([O-])OCC1c2ccccc2-c2ccccc21)C(=O)O. The summed E-state index contributed by atoms with van der Waals surface area (Å²) in [5.41, 5.74) is 13.9. The summed E-state index contributed by atoms with van der Waals surface area (Å²) in [5, 5.41) is 26.2. The van der Waals surface area contributed by atoms with Crippen molar-refractivity contribution in [2.45, 2.75) is 31.7 Å². The molecule has 0 amide bonds. The van der Waals surface area contributed by atoms with E-state index < -0.39 is 18.1 Å². The van der Waals surface area contributed by atoms with Crippen molar-refractivity contribution < 1.29 is 19.7 Å². The second kappa shape index (κ2) is 14.9. The van der Waals surface area contributed by atoms with E-state index in [4.69, 9.17) is 10.5 Å². The number of para-hydroxylation sites is 1. The van der Waals surface area contributed by atoms with Crippen molar-refractivity contribution in [1.29, 1.82) is 0 Å². The molecule has 0 radical (unpaired) electrons. The van der Waals surface area contributed by atoms with E-state index in [0.29, 0.717) is 5.96 Å². The van der Waals surface area contributed by atoms with Crippen LogP contribution in [0.3, 0.4) is 0 Å². The first kappa shape index (κ1) is 31.8. The minimum atomic E-state index is -1.22. The van der Waals surface area contributed by atoms with Gasteiger partial charge in [0, 0.05) is 49.1 Å². The first-order chi connectivity index (χ1) is 22.4. The second-order valence-electron chi connectivity index (χ2n) is 11.0. The monoisotopic (exact) mass is 616 g/mol. The molecule has 1 aromatic heterocycles. The zero-order valence-corrected chi connectivity index (χ0v) is 25.9. The van der Waals surface area contributed by atoms with E-state index in [0.717, 1.165) is 57.4 Å². The quantitative estimate of drug-likeness (QED) is 0.138. The highest BCUT2D eigenvalue weighted by atomic mass is 16.6. The number of nitrogens with zero attached hydrogens (tertiary/aromatic N) is 2. The van der Waals surface area contributed by atoms with Crippen molar-refractivity contribution in [2.24, 2.45) is 15.7 Å². The molecule has 236 valence electrons. The Morgan fingerprint density at radius 2 is 1.57 bits per heavy atom. The number of carboxylic acids is 1. The van der Waals surface area contributed by atoms with E-state index in [1.54, 1.807) is 7.05 Å². The third-order valence-corrected chi connectivity index (χ3v) is 8.11. The number of H-pyrrole nitrogens is 1. The van der Waals surface area contributed by atoms with Crippen LogP contribution < -0.4 is 16.2 Å². The van der Waals surface area contributed by atoms with Gasteiger partial charge in [0.1, 0.15) is 6.08 Å². The number of carbonyl (C=O) groups is 1. The molecule has 9 nitrogen and oxygen atoms in total. The number of aryl methyl sites for hydroxylation is 1. The van der Waals surface area contributed by atoms with Crippen molar-refractivity contribution >= 4 is 28.9 Å². The van der Waals surface area contributed by atoms with Crippen molar-refractivity contribution in [3.63, 3.8) is 0 Å². The maximum atomic E-state index is 12.6. The summed E-state index contributed by atoms with van der Waals surface area (Å²) in [7, 11) is 1.67. The van der Waals surface area contributed by atoms with Crippen LogP contribution in [0, 0.1) is 6.92 Å². The van der Waals surface area contributed by atoms with Crippen LogP contribution in [0.5, 0.6) is 0 Å². The molecule has 1 aliphatic rings. The first-order valence-corrected chi connectivity index (χ1v) is 15.2. The number of nitrogens with two attached hydrogens (primary N) is 1. The lowest BCUT2D eigenvalue weighted by Crippen LogP contribution is -2.32. The highest BCUT2D eigenvalue weighted by Gasteiger charge is 2.27. The number of rotatable bonds is 9. The molecule has 4 aromatic carbocycles. The van der Waals surface area contributed by atoms with Gasteiger partial charge in [-0.05, 0) is 52.8 Å². The third kappa shape index (κ3) is 7.55. The maximum absolute atomic E-state index is 12.6. The number of guanidine groups is 1. The van der Waals surface area contributed by atoms with Gasteiger partial charge < -0.3 is 31.0 Å². The molecule has 1 atom stereocenters. The summed E-state index contributed by atoms with van der Waals surface area (Å²) in [6, 6.07) is 32.8. The standard InChI is InChI=1S/C27H24N2O4.C10H15N3/c1-16-22(21-12-6-7-13-24(21)28-16)14-25(26(30)31)29-27(32)33-15-23-19-10-4-2-8-17(19)18-9-3-5-11-20(18)23;1-12-10(11)13-8-7-9-5-3-2-4-6-9/h2-13,23,25,28H,14-15H2,1H3,(H,29,32)(H,30,31);2-6H,7-8H2,1H3,(H3,11,12,13)/p-1. The van der Waals surface area contributed by atoms with Gasteiger partial charge in [-0.15, -0.1) is 0 Å². The van der Waals surface area contributed by atoms with Crippen LogP contribution in [0.1, 0.15) is 33.9 Å². The number of aliphatic carboxylic acids is 1. The molecule has 0 fully saturated rings. The molecule has 5 N–H and O–H groups in total. The lowest BCUT2D eigenvalue weighted by Gasteiger charge is -2.22. The van der Waals surface area contributed by atoms with Crippen LogP contribution in [-0.2, 0) is 22.4 Å². The Morgan fingerprint density at radius 1 is 0.957 bits per heavy atom. The fourth-order valence-corrected chi connectivity index (χ4v) is 5.80. The Morgan fingerprint density at radius 3 is 2.22 bits per heavy atom. The van der Waals surface area contributed by atoms with Crippen LogP contribution in [0.15, 0.2) is 113 Å². The molecule has 0 saturated heterocycles. The number of benzene rings is 4. The van der Waals surface area contributed by atoms with E-state index in [2.05, 4.69) is 44.6 Å². The van der Waals surface area contributed by atoms with Gasteiger partial charge in [-0.2, -0.15) is 0 Å². The number of ether oxygens (including phenoxy) is 1. The number of carboxylic acid groups (broad SMARTS) is 1. The number of aromatic amines is 1. The smallest absolute Gasteiger partial charge is 0.328 e. The maximum Gasteiger partial charge on any atom is 0.328 e. The predicted molar refractivity (Wildman–Crippen MR) is 181 cm³/mol. The topological polar surface area (TPSA) is 148 Å². The number of fused-ring (bicyclic) bond motifs is 4. The van der Waals surface area contributed by atoms with Gasteiger partial charge in [-0.25, -0.2) is 4.79 Å². The van der Waals surface area contributed by atoms with Gasteiger partial charge in [0.15, 0.2) is 12.0 Å². The highest BCUT2D eigenvalue weighted by molar-refractivity contribution is 5.86. The van der Waals surface area contributed by atoms with Gasteiger partial charge in [-0.1, -0.05) is 97.1 Å². The Balaban J connectivity index is 0.000000270. The summed E-state index contributed by atoms with van der Waals surface area (Å²) < 4.78 is 5.48. The zero-order valence-electron chi connectivity index (χ0n) is 25.9. The van der Waals surface area contributed by atoms with Crippen molar-refractivity contribution in [3.05, 3.63) is 131 Å². The van der Waals surface area contributed by atoms with E-state index in [1.807, 2.05) is 85.8 Å².